The van der Waals surface area contributed by atoms with Crippen molar-refractivity contribution < 1.29 is 38.0 Å². The molecule has 2 heterocycles. The van der Waals surface area contributed by atoms with Crippen molar-refractivity contribution >= 4 is 14.3 Å². The molecule has 1 aromatic carbocycles. The molecule has 0 saturated carbocycles. The normalized spacial score (nSPS) is 31.8. The highest BCUT2D eigenvalue weighted by Gasteiger charge is 2.49. The van der Waals surface area contributed by atoms with E-state index in [4.69, 9.17) is 28.1 Å². The molecule has 0 bridgehead atoms. The van der Waals surface area contributed by atoms with Crippen molar-refractivity contribution in [2.75, 3.05) is 7.11 Å². The Morgan fingerprint density at radius 3 is 1.94 bits per heavy atom. The van der Waals surface area contributed by atoms with E-state index in [9.17, 15) is 9.90 Å². The van der Waals surface area contributed by atoms with Gasteiger partial charge in [-0.25, -0.2) is 0 Å². The number of carboxylic acids is 1. The number of ether oxygens (including phenoxy) is 5. The molecule has 270 valence electrons. The second-order valence-electron chi connectivity index (χ2n) is 16.6. The molecule has 47 heavy (non-hydrogen) atoms. The second kappa shape index (κ2) is 15.6. The number of carboxylic acid groups (broad SMARTS) is 1. The minimum Gasteiger partial charge on any atom is -0.497 e. The van der Waals surface area contributed by atoms with Gasteiger partial charge in [0.1, 0.15) is 5.75 Å². The maximum atomic E-state index is 12.0. The average molecular weight is 679 g/mol. The summed E-state index contributed by atoms with van der Waals surface area (Å²) in [6, 6.07) is 7.96. The number of carbonyl (C=O) groups is 1. The Morgan fingerprint density at radius 1 is 0.915 bits per heavy atom. The molecule has 0 aromatic heterocycles. The highest BCUT2D eigenvalue weighted by atomic mass is 28.4. The molecule has 8 nitrogen and oxygen atoms in total. The van der Waals surface area contributed by atoms with Gasteiger partial charge in [0.05, 0.1) is 37.4 Å². The van der Waals surface area contributed by atoms with E-state index in [2.05, 4.69) is 75.4 Å². The molecule has 0 radical (unpaired) electrons. The summed E-state index contributed by atoms with van der Waals surface area (Å²) in [4.78, 5) is 12.0. The van der Waals surface area contributed by atoms with Crippen LogP contribution in [-0.4, -0.2) is 62.8 Å². The fraction of sp³-hybridized carbons (Fsp3) is 0.816. The summed E-state index contributed by atoms with van der Waals surface area (Å²) >= 11 is 0. The molecule has 2 aliphatic heterocycles. The molecule has 2 fully saturated rings. The lowest BCUT2D eigenvalue weighted by Crippen LogP contribution is -2.55. The van der Waals surface area contributed by atoms with Crippen LogP contribution in [0.4, 0.5) is 0 Å². The van der Waals surface area contributed by atoms with Crippen LogP contribution >= 0.6 is 0 Å². The Labute approximate surface area is 286 Å². The fourth-order valence-corrected chi connectivity index (χ4v) is 9.02. The zero-order valence-corrected chi connectivity index (χ0v) is 33.0. The molecule has 12 atom stereocenters. The van der Waals surface area contributed by atoms with Crippen molar-refractivity contribution in [3.63, 3.8) is 0 Å². The highest BCUT2D eigenvalue weighted by Crippen LogP contribution is 2.45. The summed E-state index contributed by atoms with van der Waals surface area (Å²) in [5, 5.41) is 9.92. The average Bonchev–Trinajstić information content (AvgIpc) is 2.99. The maximum Gasteiger partial charge on any atom is 0.308 e. The molecule has 3 rings (SSSR count). The van der Waals surface area contributed by atoms with E-state index in [1.165, 1.54) is 0 Å². The van der Waals surface area contributed by atoms with Gasteiger partial charge in [0.25, 0.3) is 0 Å². The van der Waals surface area contributed by atoms with Gasteiger partial charge in [-0.15, -0.1) is 0 Å². The van der Waals surface area contributed by atoms with Crippen LogP contribution in [0, 0.1) is 35.5 Å². The van der Waals surface area contributed by atoms with E-state index >= 15 is 0 Å². The summed E-state index contributed by atoms with van der Waals surface area (Å²) in [7, 11) is -0.340. The number of hydrogen-bond acceptors (Lipinski definition) is 7. The first-order valence-corrected chi connectivity index (χ1v) is 20.8. The van der Waals surface area contributed by atoms with Gasteiger partial charge < -0.3 is 33.2 Å². The second-order valence-corrected chi connectivity index (χ2v) is 21.3. The Hall–Kier alpha value is -1.49. The van der Waals surface area contributed by atoms with E-state index in [-0.39, 0.29) is 59.0 Å². The third-order valence-corrected chi connectivity index (χ3v) is 15.9. The predicted molar refractivity (Wildman–Crippen MR) is 189 cm³/mol. The van der Waals surface area contributed by atoms with E-state index < -0.39 is 38.4 Å². The van der Waals surface area contributed by atoms with Crippen LogP contribution in [0.25, 0.3) is 0 Å². The topological polar surface area (TPSA) is 92.7 Å². The Kier molecular flexibility index (Phi) is 13.2. The maximum absolute atomic E-state index is 12.0. The third-order valence-electron chi connectivity index (χ3n) is 11.4. The van der Waals surface area contributed by atoms with Gasteiger partial charge in [0.2, 0.25) is 0 Å². The molecule has 9 heteroatoms. The number of hydrogen-bond donors (Lipinski definition) is 1. The molecule has 0 unspecified atom stereocenters. The van der Waals surface area contributed by atoms with Crippen LogP contribution in [0.3, 0.4) is 0 Å². The van der Waals surface area contributed by atoms with Crippen LogP contribution in [0.15, 0.2) is 24.3 Å². The molecule has 0 aliphatic carbocycles. The van der Waals surface area contributed by atoms with E-state index in [0.29, 0.717) is 0 Å². The number of methoxy groups -OCH3 is 1. The molecule has 0 spiro atoms. The first-order valence-electron chi connectivity index (χ1n) is 17.8. The highest BCUT2D eigenvalue weighted by molar-refractivity contribution is 6.74. The standard InChI is InChI=1S/C38H66O8Si/c1-16-30(46-47(14,15)37(8,9)10)24(4)33-25(5)31(42-36(43-33)28-17-19-29(41-13)20-18-28)22(2)21-23(3)32-26(6)34(27(7)35(39)40)45-38(11,12)44-32/h17-20,22-27,30-34,36H,16,21H2,1-15H3,(H,39,40)/t22-,23+,24+,25+,26-,27-,30-,31+,32+,33+,34+,36-/m1/s1. The Bertz CT molecular complexity index is 1150. The molecule has 2 saturated heterocycles. The Balaban J connectivity index is 1.90. The van der Waals surface area contributed by atoms with Crippen LogP contribution in [-0.2, 0) is 28.2 Å². The van der Waals surface area contributed by atoms with Crippen molar-refractivity contribution in [3.8, 4) is 5.75 Å². The molecular formula is C38H66O8Si. The summed E-state index contributed by atoms with van der Waals surface area (Å²) < 4.78 is 38.9. The van der Waals surface area contributed by atoms with Crippen molar-refractivity contribution in [1.82, 2.24) is 0 Å². The largest absolute Gasteiger partial charge is 0.497 e. The summed E-state index contributed by atoms with van der Waals surface area (Å²) in [6.07, 6.45) is 0.569. The van der Waals surface area contributed by atoms with Gasteiger partial charge in [0.15, 0.2) is 20.4 Å². The molecule has 1 aromatic rings. The van der Waals surface area contributed by atoms with Crippen LogP contribution in [0.5, 0.6) is 5.75 Å². The van der Waals surface area contributed by atoms with E-state index in [1.54, 1.807) is 14.0 Å². The first-order chi connectivity index (χ1) is 21.6. The van der Waals surface area contributed by atoms with Crippen LogP contribution < -0.4 is 4.74 Å². The van der Waals surface area contributed by atoms with Gasteiger partial charge in [-0.05, 0) is 75.7 Å². The van der Waals surface area contributed by atoms with Crippen molar-refractivity contribution in [2.24, 2.45) is 35.5 Å². The SMILES string of the molecule is CC[C@@H](O[Si](C)(C)C(C)(C)C)[C@H](C)[C@@H]1O[C@H](c2ccc(OC)cc2)O[C@@H]([C@H](C)C[C@H](C)[C@@H]2OC(C)(C)O[C@H]([C@@H](C)C(=O)O)[C@@H]2C)[C@@H]1C. The lowest BCUT2D eigenvalue weighted by Gasteiger charge is -2.50. The van der Waals surface area contributed by atoms with Crippen molar-refractivity contribution in [2.45, 2.75) is 157 Å². The van der Waals surface area contributed by atoms with Gasteiger partial charge >= 0.3 is 5.97 Å². The lowest BCUT2D eigenvalue weighted by molar-refractivity contribution is -0.334. The first kappa shape index (κ1) is 39.9. The number of aliphatic carboxylic acids is 1. The number of rotatable bonds is 13. The van der Waals surface area contributed by atoms with E-state index in [1.807, 2.05) is 38.1 Å². The summed E-state index contributed by atoms with van der Waals surface area (Å²) in [6.45, 7) is 30.3. The lowest BCUT2D eigenvalue weighted by atomic mass is 9.75. The van der Waals surface area contributed by atoms with Crippen LogP contribution in [0.2, 0.25) is 18.1 Å². The predicted octanol–water partition coefficient (Wildman–Crippen LogP) is 9.09. The minimum absolute atomic E-state index is 0.0692. The zero-order chi connectivity index (χ0) is 35.6. The Morgan fingerprint density at radius 2 is 1.43 bits per heavy atom. The van der Waals surface area contributed by atoms with Crippen LogP contribution in [0.1, 0.15) is 108 Å². The monoisotopic (exact) mass is 678 g/mol. The quantitative estimate of drug-likeness (QED) is 0.207. The molecule has 1 N–H and O–H groups in total. The van der Waals surface area contributed by atoms with Gasteiger partial charge in [-0.1, -0.05) is 74.4 Å². The number of benzene rings is 1. The van der Waals surface area contributed by atoms with Gasteiger partial charge in [-0.2, -0.15) is 0 Å². The smallest absolute Gasteiger partial charge is 0.308 e. The fourth-order valence-electron chi connectivity index (χ4n) is 7.53. The zero-order valence-electron chi connectivity index (χ0n) is 32.0. The van der Waals surface area contributed by atoms with Gasteiger partial charge in [0, 0.05) is 29.4 Å². The summed E-state index contributed by atoms with van der Waals surface area (Å²) in [5.41, 5.74) is 0.965. The minimum atomic E-state index is -2.01. The summed E-state index contributed by atoms with van der Waals surface area (Å²) in [5.74, 6) is -1.06. The molecule has 2 aliphatic rings. The van der Waals surface area contributed by atoms with E-state index in [0.717, 1.165) is 24.2 Å². The van der Waals surface area contributed by atoms with Crippen molar-refractivity contribution in [1.29, 1.82) is 0 Å². The van der Waals surface area contributed by atoms with Gasteiger partial charge in [-0.3, -0.25) is 4.79 Å². The third kappa shape index (κ3) is 9.40. The molecule has 0 amide bonds. The van der Waals surface area contributed by atoms with Crippen molar-refractivity contribution in [3.05, 3.63) is 29.8 Å². The molecular weight excluding hydrogens is 612 g/mol.